The Hall–Kier alpha value is -3.42. The highest BCUT2D eigenvalue weighted by molar-refractivity contribution is 6.66. The van der Waals surface area contributed by atoms with Crippen LogP contribution in [0.15, 0.2) is 84.9 Å². The van der Waals surface area contributed by atoms with Crippen molar-refractivity contribution in [2.45, 2.75) is 83.8 Å². The van der Waals surface area contributed by atoms with Crippen molar-refractivity contribution in [1.82, 2.24) is 0 Å². The van der Waals surface area contributed by atoms with Crippen LogP contribution in [0.25, 0.3) is 23.3 Å². The van der Waals surface area contributed by atoms with Crippen LogP contribution in [-0.4, -0.2) is 8.80 Å². The van der Waals surface area contributed by atoms with E-state index < -0.39 is 8.80 Å². The first-order valence-electron chi connectivity index (χ1n) is 15.7. The summed E-state index contributed by atoms with van der Waals surface area (Å²) in [6.45, 7) is 21.1. The maximum absolute atomic E-state index is 2.64. The predicted molar refractivity (Wildman–Crippen MR) is 187 cm³/mol. The zero-order valence-electron chi connectivity index (χ0n) is 27.0. The maximum Gasteiger partial charge on any atom is 0.0608 e. The Morgan fingerprint density at radius 2 is 0.905 bits per heavy atom. The molecule has 42 heavy (non-hydrogen) atoms. The third kappa shape index (κ3) is 4.96. The van der Waals surface area contributed by atoms with Gasteiger partial charge in [0.05, 0.1) is 8.80 Å². The van der Waals surface area contributed by atoms with Crippen molar-refractivity contribution in [2.75, 3.05) is 0 Å². The molecule has 0 amide bonds. The Balaban J connectivity index is 1.47. The predicted octanol–water partition coefficient (Wildman–Crippen LogP) is 10.8. The Morgan fingerprint density at radius 1 is 0.524 bits per heavy atom. The minimum atomic E-state index is -1.51. The lowest BCUT2D eigenvalue weighted by Gasteiger charge is -2.32. The van der Waals surface area contributed by atoms with E-state index in [-0.39, 0.29) is 10.8 Å². The van der Waals surface area contributed by atoms with Gasteiger partial charge in [-0.1, -0.05) is 145 Å². The molecule has 0 spiro atoms. The lowest BCUT2D eigenvalue weighted by molar-refractivity contribution is 0.589. The van der Waals surface area contributed by atoms with Gasteiger partial charge >= 0.3 is 0 Å². The van der Waals surface area contributed by atoms with Crippen LogP contribution in [0.5, 0.6) is 0 Å². The fourth-order valence-corrected chi connectivity index (χ4v) is 11.2. The average molecular weight is 567 g/mol. The highest BCUT2D eigenvalue weighted by Crippen LogP contribution is 2.52. The minimum Gasteiger partial charge on any atom is -0.0704 e. The van der Waals surface area contributed by atoms with E-state index in [1.165, 1.54) is 66.8 Å². The second kappa shape index (κ2) is 10.4. The van der Waals surface area contributed by atoms with Gasteiger partial charge in [-0.2, -0.15) is 0 Å². The molecule has 0 bridgehead atoms. The summed E-state index contributed by atoms with van der Waals surface area (Å²) in [5.74, 6) is 0. The Morgan fingerprint density at radius 3 is 1.26 bits per heavy atom. The van der Waals surface area contributed by atoms with Crippen molar-refractivity contribution in [3.8, 4) is 0 Å². The van der Waals surface area contributed by atoms with Crippen LogP contribution in [0.2, 0.25) is 6.55 Å². The van der Waals surface area contributed by atoms with E-state index in [1.807, 2.05) is 0 Å². The summed E-state index contributed by atoms with van der Waals surface area (Å²) in [6, 6.07) is 32.8. The van der Waals surface area contributed by atoms with Crippen LogP contribution < -0.4 is 0 Å². The van der Waals surface area contributed by atoms with Gasteiger partial charge in [0.25, 0.3) is 0 Å². The molecule has 2 unspecified atom stereocenters. The zero-order valence-corrected chi connectivity index (χ0v) is 28.1. The molecule has 1 heteroatoms. The highest BCUT2D eigenvalue weighted by Gasteiger charge is 2.41. The summed E-state index contributed by atoms with van der Waals surface area (Å²) in [5, 5.41) is 0. The second-order valence-corrected chi connectivity index (χ2v) is 17.9. The first-order valence-corrected chi connectivity index (χ1v) is 18.2. The van der Waals surface area contributed by atoms with E-state index in [1.54, 1.807) is 0 Å². The molecule has 0 heterocycles. The summed E-state index contributed by atoms with van der Waals surface area (Å²) in [6.07, 6.45) is 5.02. The molecular weight excluding hydrogens is 521 g/mol. The largest absolute Gasteiger partial charge is 0.0704 e. The first kappa shape index (κ1) is 28.7. The van der Waals surface area contributed by atoms with Gasteiger partial charge in [-0.25, -0.2) is 0 Å². The van der Waals surface area contributed by atoms with Gasteiger partial charge in [-0.3, -0.25) is 0 Å². The lowest BCUT2D eigenvalue weighted by atomic mass is 9.84. The van der Waals surface area contributed by atoms with E-state index in [0.29, 0.717) is 11.1 Å². The third-order valence-electron chi connectivity index (χ3n) is 9.81. The molecule has 214 valence electrons. The molecule has 2 aliphatic rings. The normalized spacial score (nSPS) is 18.8. The van der Waals surface area contributed by atoms with Crippen LogP contribution in [0.1, 0.15) is 108 Å². The van der Waals surface area contributed by atoms with Crippen molar-refractivity contribution >= 4 is 32.1 Å². The van der Waals surface area contributed by atoms with Gasteiger partial charge in [-0.05, 0) is 91.5 Å². The fourth-order valence-electron chi connectivity index (χ4n) is 7.42. The van der Waals surface area contributed by atoms with Gasteiger partial charge in [0.15, 0.2) is 0 Å². The summed E-state index contributed by atoms with van der Waals surface area (Å²) >= 11 is 0. The minimum absolute atomic E-state index is 0.144. The average Bonchev–Trinajstić information content (AvgIpc) is 3.50. The zero-order chi connectivity index (χ0) is 30.0. The molecule has 2 aliphatic carbocycles. The summed E-state index contributed by atoms with van der Waals surface area (Å²) < 4.78 is 0. The van der Waals surface area contributed by atoms with E-state index in [2.05, 4.69) is 159 Å². The molecule has 0 nitrogen and oxygen atoms in total. The summed E-state index contributed by atoms with van der Waals surface area (Å²) in [4.78, 5) is 0. The Kier molecular flexibility index (Phi) is 7.09. The molecule has 4 aromatic rings. The van der Waals surface area contributed by atoms with E-state index in [0.717, 1.165) is 0 Å². The summed E-state index contributed by atoms with van der Waals surface area (Å²) in [5.41, 5.74) is 18.5. The number of benzene rings is 4. The Bertz CT molecular complexity index is 1600. The third-order valence-corrected chi connectivity index (χ3v) is 13.4. The maximum atomic E-state index is 2.64. The quantitative estimate of drug-likeness (QED) is 0.216. The topological polar surface area (TPSA) is 0 Å². The Labute approximate surface area is 255 Å². The van der Waals surface area contributed by atoms with Crippen LogP contribution in [0.3, 0.4) is 0 Å². The molecular formula is C41H46Si. The van der Waals surface area contributed by atoms with Gasteiger partial charge in [-0.15, -0.1) is 0 Å². The second-order valence-electron chi connectivity index (χ2n) is 14.8. The van der Waals surface area contributed by atoms with Crippen molar-refractivity contribution in [1.29, 1.82) is 0 Å². The van der Waals surface area contributed by atoms with Crippen LogP contribution in [0, 0.1) is 13.8 Å². The number of aryl methyl sites for hydroxylation is 2. The van der Waals surface area contributed by atoms with E-state index >= 15 is 0 Å². The molecule has 0 fully saturated rings. The number of fused-ring (bicyclic) bond motifs is 2. The molecule has 0 radical (unpaired) electrons. The number of hydrogen-bond acceptors (Lipinski definition) is 0. The van der Waals surface area contributed by atoms with Crippen molar-refractivity contribution < 1.29 is 0 Å². The van der Waals surface area contributed by atoms with E-state index in [4.69, 9.17) is 0 Å². The molecule has 0 aromatic heterocycles. The molecule has 0 saturated carbocycles. The number of allylic oxidation sites excluding steroid dienone is 2. The number of hydrogen-bond donors (Lipinski definition) is 0. The van der Waals surface area contributed by atoms with Gasteiger partial charge in [0, 0.05) is 11.1 Å². The van der Waals surface area contributed by atoms with Gasteiger partial charge < -0.3 is 0 Å². The molecule has 2 atom stereocenters. The van der Waals surface area contributed by atoms with Gasteiger partial charge in [0.2, 0.25) is 0 Å². The molecule has 4 aromatic carbocycles. The SMILES string of the molecule is Cc1cc(C(C)(C)C)ccc1C1=Cc2ccccc2C1[SiH](C)C1C(c2ccc(C(C)(C)C)cc2C)=Cc2ccccc21. The summed E-state index contributed by atoms with van der Waals surface area (Å²) in [7, 11) is -1.51. The molecule has 0 N–H and O–H groups in total. The number of rotatable bonds is 4. The van der Waals surface area contributed by atoms with Crippen molar-refractivity contribution in [3.05, 3.63) is 141 Å². The fraction of sp³-hybridized carbons (Fsp3) is 0.317. The molecule has 0 aliphatic heterocycles. The van der Waals surface area contributed by atoms with Crippen LogP contribution in [0.4, 0.5) is 0 Å². The lowest BCUT2D eigenvalue weighted by Crippen LogP contribution is -2.29. The van der Waals surface area contributed by atoms with Crippen molar-refractivity contribution in [2.24, 2.45) is 0 Å². The smallest absolute Gasteiger partial charge is 0.0608 e. The monoisotopic (exact) mass is 566 g/mol. The molecule has 6 rings (SSSR count). The van der Waals surface area contributed by atoms with Crippen molar-refractivity contribution in [3.63, 3.8) is 0 Å². The standard InChI is InChI=1S/C41H46Si/c1-26-22-30(40(3,4)5)18-20-32(26)36-24-28-14-10-12-16-34(28)38(36)42(9)39-35-17-13-11-15-29(35)25-37(39)33-21-19-31(23-27(33)2)41(6,7)8/h10-25,38-39,42H,1-9H3. The van der Waals surface area contributed by atoms with E-state index in [9.17, 15) is 0 Å². The van der Waals surface area contributed by atoms with Gasteiger partial charge in [0.1, 0.15) is 0 Å². The molecule has 0 saturated heterocycles. The van der Waals surface area contributed by atoms with Crippen LogP contribution in [-0.2, 0) is 10.8 Å². The van der Waals surface area contributed by atoms with Crippen LogP contribution >= 0.6 is 0 Å². The highest BCUT2D eigenvalue weighted by atomic mass is 28.3. The first-order chi connectivity index (χ1) is 19.8.